The molecule has 0 atom stereocenters. The Kier molecular flexibility index (Phi) is 4.94. The molecule has 1 aromatic heterocycles. The van der Waals surface area contributed by atoms with Crippen LogP contribution in [0.1, 0.15) is 11.1 Å². The fourth-order valence-electron chi connectivity index (χ4n) is 1.85. The van der Waals surface area contributed by atoms with E-state index in [2.05, 4.69) is 10.4 Å². The molecule has 102 valence electrons. The minimum atomic E-state index is 0.0252. The zero-order valence-electron chi connectivity index (χ0n) is 11.0. The van der Waals surface area contributed by atoms with Crippen molar-refractivity contribution in [1.82, 2.24) is 15.1 Å². The molecule has 0 aliphatic rings. The van der Waals surface area contributed by atoms with E-state index in [1.807, 2.05) is 43.7 Å². The van der Waals surface area contributed by atoms with Crippen LogP contribution in [-0.4, -0.2) is 28.1 Å². The predicted octanol–water partition coefficient (Wildman–Crippen LogP) is 1.08. The van der Waals surface area contributed by atoms with Crippen LogP contribution in [0, 0.1) is 0 Å². The Labute approximate surface area is 112 Å². The molecular weight excluding hydrogens is 242 g/mol. The number of rotatable bonds is 7. The Hall–Kier alpha value is -1.85. The number of para-hydroxylation sites is 1. The van der Waals surface area contributed by atoms with E-state index >= 15 is 0 Å². The lowest BCUT2D eigenvalue weighted by atomic mass is 10.2. The third kappa shape index (κ3) is 4.08. The number of aliphatic hydroxyl groups excluding tert-OH is 1. The molecule has 2 N–H and O–H groups in total. The fraction of sp³-hybridized carbons (Fsp3) is 0.357. The van der Waals surface area contributed by atoms with Gasteiger partial charge in [-0.2, -0.15) is 5.10 Å². The van der Waals surface area contributed by atoms with Gasteiger partial charge in [-0.1, -0.05) is 18.2 Å². The quantitative estimate of drug-likeness (QED) is 0.783. The summed E-state index contributed by atoms with van der Waals surface area (Å²) in [6.45, 7) is 1.83. The van der Waals surface area contributed by atoms with Crippen molar-refractivity contribution >= 4 is 0 Å². The molecule has 0 aliphatic carbocycles. The van der Waals surface area contributed by atoms with Gasteiger partial charge in [0.15, 0.2) is 0 Å². The summed E-state index contributed by atoms with van der Waals surface area (Å²) in [5.74, 6) is 0.815. The van der Waals surface area contributed by atoms with Crippen LogP contribution in [0.4, 0.5) is 0 Å². The third-order valence-electron chi connectivity index (χ3n) is 2.72. The van der Waals surface area contributed by atoms with Crippen LogP contribution in [0.2, 0.25) is 0 Å². The van der Waals surface area contributed by atoms with Gasteiger partial charge in [0, 0.05) is 37.5 Å². The molecule has 5 heteroatoms. The van der Waals surface area contributed by atoms with Crippen molar-refractivity contribution in [2.75, 3.05) is 13.2 Å². The summed E-state index contributed by atoms with van der Waals surface area (Å²) in [6, 6.07) is 7.84. The molecule has 5 nitrogen and oxygen atoms in total. The van der Waals surface area contributed by atoms with E-state index in [0.717, 1.165) is 30.0 Å². The molecule has 1 heterocycles. The van der Waals surface area contributed by atoms with Crippen LogP contribution in [0.3, 0.4) is 0 Å². The molecule has 19 heavy (non-hydrogen) atoms. The normalized spacial score (nSPS) is 10.6. The maximum atomic E-state index is 8.80. The van der Waals surface area contributed by atoms with Gasteiger partial charge in [-0.3, -0.25) is 4.68 Å². The molecule has 2 rings (SSSR count). The Bertz CT molecular complexity index is 511. The maximum absolute atomic E-state index is 8.80. The number of hydrogen-bond donors (Lipinski definition) is 2. The van der Waals surface area contributed by atoms with Crippen LogP contribution in [-0.2, 0) is 20.1 Å². The molecule has 0 unspecified atom stereocenters. The lowest BCUT2D eigenvalue weighted by Crippen LogP contribution is -2.14. The first kappa shape index (κ1) is 13.6. The molecule has 0 saturated heterocycles. The van der Waals surface area contributed by atoms with Crippen molar-refractivity contribution in [2.24, 2.45) is 7.05 Å². The molecule has 0 saturated carbocycles. The van der Waals surface area contributed by atoms with Crippen molar-refractivity contribution in [3.05, 3.63) is 47.8 Å². The predicted molar refractivity (Wildman–Crippen MR) is 72.8 cm³/mol. The number of nitrogens with one attached hydrogen (secondary N) is 1. The highest BCUT2D eigenvalue weighted by Gasteiger charge is 2.03. The molecule has 2 aromatic rings. The highest BCUT2D eigenvalue weighted by Crippen LogP contribution is 2.17. The van der Waals surface area contributed by atoms with Crippen LogP contribution in [0.15, 0.2) is 36.7 Å². The molecule has 0 bridgehead atoms. The van der Waals surface area contributed by atoms with E-state index in [1.165, 1.54) is 0 Å². The average molecular weight is 261 g/mol. The average Bonchev–Trinajstić information content (AvgIpc) is 2.83. The zero-order chi connectivity index (χ0) is 13.5. The van der Waals surface area contributed by atoms with Gasteiger partial charge in [-0.05, 0) is 6.07 Å². The first-order valence-corrected chi connectivity index (χ1v) is 6.29. The first-order valence-electron chi connectivity index (χ1n) is 6.29. The molecular formula is C14H19N3O2. The topological polar surface area (TPSA) is 59.3 Å². The fourth-order valence-corrected chi connectivity index (χ4v) is 1.85. The molecule has 0 spiro atoms. The van der Waals surface area contributed by atoms with E-state index in [0.29, 0.717) is 6.61 Å². The van der Waals surface area contributed by atoms with Gasteiger partial charge < -0.3 is 15.2 Å². The Morgan fingerprint density at radius 1 is 1.32 bits per heavy atom. The third-order valence-corrected chi connectivity index (χ3v) is 2.72. The van der Waals surface area contributed by atoms with Gasteiger partial charge in [0.05, 0.1) is 12.8 Å². The second-order valence-corrected chi connectivity index (χ2v) is 4.31. The van der Waals surface area contributed by atoms with Crippen LogP contribution >= 0.6 is 0 Å². The van der Waals surface area contributed by atoms with E-state index in [-0.39, 0.29) is 6.61 Å². The number of aromatic nitrogens is 2. The standard InChI is InChI=1S/C14H19N3O2/c1-17-11-12(9-16-17)8-15-10-13-4-2-3-5-14(13)19-7-6-18/h2-5,9,11,15,18H,6-8,10H2,1H3. The second-order valence-electron chi connectivity index (χ2n) is 4.31. The van der Waals surface area contributed by atoms with E-state index in [4.69, 9.17) is 9.84 Å². The number of hydrogen-bond acceptors (Lipinski definition) is 4. The zero-order valence-corrected chi connectivity index (χ0v) is 11.0. The minimum absolute atomic E-state index is 0.0252. The highest BCUT2D eigenvalue weighted by molar-refractivity contribution is 5.33. The van der Waals surface area contributed by atoms with Crippen molar-refractivity contribution in [1.29, 1.82) is 0 Å². The molecule has 0 fully saturated rings. The summed E-state index contributed by atoms with van der Waals surface area (Å²) in [7, 11) is 1.90. The number of aryl methyl sites for hydroxylation is 1. The van der Waals surface area contributed by atoms with E-state index in [1.54, 1.807) is 4.68 Å². The van der Waals surface area contributed by atoms with E-state index in [9.17, 15) is 0 Å². The first-order chi connectivity index (χ1) is 9.29. The van der Waals surface area contributed by atoms with Gasteiger partial charge in [0.2, 0.25) is 0 Å². The largest absolute Gasteiger partial charge is 0.491 e. The summed E-state index contributed by atoms with van der Waals surface area (Å²) in [5.41, 5.74) is 2.23. The van der Waals surface area contributed by atoms with Crippen molar-refractivity contribution in [3.63, 3.8) is 0 Å². The molecule has 1 aromatic carbocycles. The molecule has 0 radical (unpaired) electrons. The number of benzene rings is 1. The Morgan fingerprint density at radius 3 is 2.89 bits per heavy atom. The van der Waals surface area contributed by atoms with E-state index < -0.39 is 0 Å². The summed E-state index contributed by atoms with van der Waals surface area (Å²) in [6.07, 6.45) is 3.84. The maximum Gasteiger partial charge on any atom is 0.123 e. The summed E-state index contributed by atoms with van der Waals surface area (Å²) < 4.78 is 7.27. The molecule has 0 aliphatic heterocycles. The van der Waals surface area contributed by atoms with Crippen LogP contribution in [0.5, 0.6) is 5.75 Å². The van der Waals surface area contributed by atoms with Gasteiger partial charge in [-0.15, -0.1) is 0 Å². The summed E-state index contributed by atoms with van der Waals surface area (Å²) in [5, 5.41) is 16.3. The lowest BCUT2D eigenvalue weighted by molar-refractivity contribution is 0.200. The number of ether oxygens (including phenoxy) is 1. The van der Waals surface area contributed by atoms with Gasteiger partial charge >= 0.3 is 0 Å². The monoisotopic (exact) mass is 261 g/mol. The van der Waals surface area contributed by atoms with Crippen LogP contribution < -0.4 is 10.1 Å². The number of nitrogens with zero attached hydrogens (tertiary/aromatic N) is 2. The van der Waals surface area contributed by atoms with Crippen molar-refractivity contribution < 1.29 is 9.84 Å². The van der Waals surface area contributed by atoms with Crippen LogP contribution in [0.25, 0.3) is 0 Å². The Morgan fingerprint density at radius 2 is 2.16 bits per heavy atom. The van der Waals surface area contributed by atoms with Gasteiger partial charge in [0.1, 0.15) is 12.4 Å². The van der Waals surface area contributed by atoms with Gasteiger partial charge in [-0.25, -0.2) is 0 Å². The summed E-state index contributed by atoms with van der Waals surface area (Å²) in [4.78, 5) is 0. The Balaban J connectivity index is 1.88. The smallest absolute Gasteiger partial charge is 0.123 e. The SMILES string of the molecule is Cn1cc(CNCc2ccccc2OCCO)cn1. The van der Waals surface area contributed by atoms with Gasteiger partial charge in [0.25, 0.3) is 0 Å². The summed E-state index contributed by atoms with van der Waals surface area (Å²) >= 11 is 0. The van der Waals surface area contributed by atoms with Crippen molar-refractivity contribution in [2.45, 2.75) is 13.1 Å². The number of aliphatic hydroxyl groups is 1. The molecule has 0 amide bonds. The minimum Gasteiger partial charge on any atom is -0.491 e. The highest BCUT2D eigenvalue weighted by atomic mass is 16.5. The second kappa shape index (κ2) is 6.92. The van der Waals surface area contributed by atoms with Crippen molar-refractivity contribution in [3.8, 4) is 5.75 Å². The lowest BCUT2D eigenvalue weighted by Gasteiger charge is -2.11.